The first-order valence-corrected chi connectivity index (χ1v) is 19.1. The van der Waals surface area contributed by atoms with E-state index in [1.807, 2.05) is 0 Å². The zero-order valence-corrected chi connectivity index (χ0v) is 31.0. The Kier molecular flexibility index (Phi) is 7.39. The van der Waals surface area contributed by atoms with Gasteiger partial charge < -0.3 is 9.80 Å². The molecule has 0 fully saturated rings. The van der Waals surface area contributed by atoms with Gasteiger partial charge in [-0.2, -0.15) is 0 Å². The van der Waals surface area contributed by atoms with E-state index in [1.54, 1.807) is 0 Å². The summed E-state index contributed by atoms with van der Waals surface area (Å²) in [6.07, 6.45) is 7.83. The Bertz CT molecular complexity index is 2570. The van der Waals surface area contributed by atoms with E-state index in [9.17, 15) is 0 Å². The Balaban J connectivity index is 1.01. The number of hydrogen-bond acceptors (Lipinski definition) is 2. The van der Waals surface area contributed by atoms with E-state index in [0.29, 0.717) is 0 Å². The number of allylic oxidation sites excluding steroid dienone is 4. The summed E-state index contributed by atoms with van der Waals surface area (Å²) in [5, 5.41) is 0. The number of nitrogens with zero attached hydrogens (tertiary/aromatic N) is 2. The molecule has 2 aliphatic carbocycles. The third-order valence-corrected chi connectivity index (χ3v) is 12.1. The Morgan fingerprint density at radius 1 is 0.481 bits per heavy atom. The van der Waals surface area contributed by atoms with Gasteiger partial charge in [-0.05, 0) is 136 Å². The van der Waals surface area contributed by atoms with Crippen molar-refractivity contribution in [1.29, 1.82) is 0 Å². The Morgan fingerprint density at radius 2 is 1.07 bits per heavy atom. The van der Waals surface area contributed by atoms with Crippen LogP contribution in [0.3, 0.4) is 0 Å². The monoisotopic (exact) mass is 694 g/mol. The van der Waals surface area contributed by atoms with Crippen LogP contribution in [0.25, 0.3) is 33.4 Å². The molecule has 0 amide bonds. The lowest BCUT2D eigenvalue weighted by Crippen LogP contribution is -2.26. The lowest BCUT2D eigenvalue weighted by atomic mass is 9.76. The summed E-state index contributed by atoms with van der Waals surface area (Å²) in [6.45, 7) is 7.13. The average Bonchev–Trinajstić information content (AvgIpc) is 3.62. The predicted molar refractivity (Wildman–Crippen MR) is 227 cm³/mol. The van der Waals surface area contributed by atoms with Crippen molar-refractivity contribution in [3.63, 3.8) is 0 Å². The quantitative estimate of drug-likeness (QED) is 0.171. The summed E-state index contributed by atoms with van der Waals surface area (Å²) in [4.78, 5) is 4.81. The van der Waals surface area contributed by atoms with Crippen LogP contribution < -0.4 is 9.80 Å². The fourth-order valence-electron chi connectivity index (χ4n) is 9.19. The normalized spacial score (nSPS) is 17.3. The highest BCUT2D eigenvalue weighted by molar-refractivity contribution is 5.88. The summed E-state index contributed by atoms with van der Waals surface area (Å²) in [5.74, 6) is 0. The molecule has 1 atom stereocenters. The second kappa shape index (κ2) is 12.4. The minimum atomic E-state index is -0.128. The van der Waals surface area contributed by atoms with Gasteiger partial charge in [0.05, 0.1) is 5.69 Å². The van der Waals surface area contributed by atoms with Gasteiger partial charge in [0.25, 0.3) is 0 Å². The SMILES string of the molecule is CC12CC=CC=C1N(c1cccc(-c3ccc4c(c3)C(C)(C)c3ccccc3-4)c1)c1ccc(-c3ccc(N(c4ccccc4)c4ccccc4)cc3)cc12. The molecule has 54 heavy (non-hydrogen) atoms. The van der Waals surface area contributed by atoms with Crippen molar-refractivity contribution in [3.05, 3.63) is 210 Å². The van der Waals surface area contributed by atoms with Crippen LogP contribution in [-0.2, 0) is 10.8 Å². The third-order valence-electron chi connectivity index (χ3n) is 12.1. The molecule has 0 aromatic heterocycles. The van der Waals surface area contributed by atoms with Crippen molar-refractivity contribution in [2.24, 2.45) is 0 Å². The number of para-hydroxylation sites is 2. The lowest BCUT2D eigenvalue weighted by Gasteiger charge is -2.31. The fourth-order valence-corrected chi connectivity index (χ4v) is 9.19. The summed E-state index contributed by atoms with van der Waals surface area (Å²) < 4.78 is 0. The first-order valence-electron chi connectivity index (χ1n) is 19.1. The molecule has 3 aliphatic rings. The molecule has 0 bridgehead atoms. The molecule has 10 rings (SSSR count). The second-order valence-electron chi connectivity index (χ2n) is 15.6. The third kappa shape index (κ3) is 5.01. The fraction of sp³-hybridized carbons (Fsp3) is 0.115. The molecule has 1 heterocycles. The van der Waals surface area contributed by atoms with Gasteiger partial charge in [-0.1, -0.05) is 129 Å². The Labute approximate surface area is 319 Å². The van der Waals surface area contributed by atoms with Gasteiger partial charge in [0.1, 0.15) is 0 Å². The average molecular weight is 695 g/mol. The summed E-state index contributed by atoms with van der Waals surface area (Å²) in [6, 6.07) is 62.3. The second-order valence-corrected chi connectivity index (χ2v) is 15.6. The summed E-state index contributed by atoms with van der Waals surface area (Å²) >= 11 is 0. The molecule has 0 N–H and O–H groups in total. The maximum Gasteiger partial charge on any atom is 0.0500 e. The molecule has 0 saturated heterocycles. The molecule has 1 unspecified atom stereocenters. The number of benzene rings is 7. The first-order chi connectivity index (χ1) is 26.4. The minimum absolute atomic E-state index is 0.0320. The highest BCUT2D eigenvalue weighted by Gasteiger charge is 2.44. The predicted octanol–water partition coefficient (Wildman–Crippen LogP) is 14.0. The van der Waals surface area contributed by atoms with E-state index in [4.69, 9.17) is 0 Å². The largest absolute Gasteiger partial charge is 0.313 e. The van der Waals surface area contributed by atoms with Gasteiger partial charge in [0.2, 0.25) is 0 Å². The van der Waals surface area contributed by atoms with Crippen LogP contribution in [-0.4, -0.2) is 0 Å². The molecule has 7 aromatic rings. The van der Waals surface area contributed by atoms with E-state index in [-0.39, 0.29) is 10.8 Å². The van der Waals surface area contributed by atoms with Crippen molar-refractivity contribution in [2.45, 2.75) is 38.0 Å². The minimum Gasteiger partial charge on any atom is -0.313 e. The molecular weight excluding hydrogens is 653 g/mol. The van der Waals surface area contributed by atoms with E-state index >= 15 is 0 Å². The number of anilines is 5. The lowest BCUT2D eigenvalue weighted by molar-refractivity contribution is 0.577. The van der Waals surface area contributed by atoms with Crippen LogP contribution in [0.4, 0.5) is 28.4 Å². The zero-order chi connectivity index (χ0) is 36.4. The zero-order valence-electron chi connectivity index (χ0n) is 31.0. The van der Waals surface area contributed by atoms with Gasteiger partial charge in [-0.15, -0.1) is 0 Å². The maximum absolute atomic E-state index is 2.50. The molecule has 7 aromatic carbocycles. The van der Waals surface area contributed by atoms with Crippen LogP contribution in [0.5, 0.6) is 0 Å². The van der Waals surface area contributed by atoms with E-state index in [1.165, 1.54) is 67.1 Å². The Hall–Kier alpha value is -6.38. The molecule has 0 spiro atoms. The molecule has 1 aliphatic heterocycles. The van der Waals surface area contributed by atoms with Crippen molar-refractivity contribution < 1.29 is 0 Å². The number of fused-ring (bicyclic) bond motifs is 6. The van der Waals surface area contributed by atoms with Gasteiger partial charge in [-0.3, -0.25) is 0 Å². The van der Waals surface area contributed by atoms with Crippen LogP contribution in [0.15, 0.2) is 194 Å². The van der Waals surface area contributed by atoms with Gasteiger partial charge in [0.15, 0.2) is 0 Å². The van der Waals surface area contributed by atoms with Crippen LogP contribution >= 0.6 is 0 Å². The van der Waals surface area contributed by atoms with E-state index in [0.717, 1.165) is 23.5 Å². The van der Waals surface area contributed by atoms with Gasteiger partial charge >= 0.3 is 0 Å². The molecule has 2 heteroatoms. The van der Waals surface area contributed by atoms with Crippen molar-refractivity contribution in [3.8, 4) is 33.4 Å². The standard InChI is InChI=1S/C52H42N2/c1-51(2)46-22-11-10-21-44(46)45-30-26-39(34-47(45)51)37-15-14-20-43(33-37)54-49-31-27-38(35-48(49)52(3)32-13-12-23-50(52)54)36-24-28-42(29-25-36)53(40-16-6-4-7-17-40)41-18-8-5-9-19-41/h4-31,33-35H,32H2,1-3H3. The topological polar surface area (TPSA) is 6.48 Å². The summed E-state index contributed by atoms with van der Waals surface area (Å²) in [7, 11) is 0. The van der Waals surface area contributed by atoms with Crippen molar-refractivity contribution in [1.82, 2.24) is 0 Å². The smallest absolute Gasteiger partial charge is 0.0500 e. The maximum atomic E-state index is 2.50. The van der Waals surface area contributed by atoms with Gasteiger partial charge in [0, 0.05) is 39.3 Å². The van der Waals surface area contributed by atoms with Crippen molar-refractivity contribution >= 4 is 28.4 Å². The molecule has 260 valence electrons. The number of hydrogen-bond donors (Lipinski definition) is 0. The molecule has 0 saturated carbocycles. The highest BCUT2D eigenvalue weighted by Crippen LogP contribution is 2.56. The summed E-state index contributed by atoms with van der Waals surface area (Å²) in [5.41, 5.74) is 18.9. The van der Waals surface area contributed by atoms with Crippen molar-refractivity contribution in [2.75, 3.05) is 9.80 Å². The van der Waals surface area contributed by atoms with Crippen LogP contribution in [0, 0.1) is 0 Å². The Morgan fingerprint density at radius 3 is 1.83 bits per heavy atom. The van der Waals surface area contributed by atoms with Gasteiger partial charge in [-0.25, -0.2) is 0 Å². The van der Waals surface area contributed by atoms with Crippen LogP contribution in [0.2, 0.25) is 0 Å². The number of rotatable bonds is 6. The van der Waals surface area contributed by atoms with E-state index in [2.05, 4.69) is 219 Å². The van der Waals surface area contributed by atoms with Crippen LogP contribution in [0.1, 0.15) is 43.9 Å². The van der Waals surface area contributed by atoms with E-state index < -0.39 is 0 Å². The highest BCUT2D eigenvalue weighted by atomic mass is 15.2. The molecule has 2 nitrogen and oxygen atoms in total. The molecular formula is C52H42N2. The molecule has 0 radical (unpaired) electrons. The first kappa shape index (κ1) is 32.3.